The number of pyridine rings is 1. The van der Waals surface area contributed by atoms with Crippen molar-refractivity contribution in [3.05, 3.63) is 59.9 Å². The summed E-state index contributed by atoms with van der Waals surface area (Å²) in [5, 5.41) is 0.964. The minimum Gasteiger partial charge on any atom is -0.497 e. The van der Waals surface area contributed by atoms with Crippen LogP contribution in [0.1, 0.15) is 43.0 Å². The van der Waals surface area contributed by atoms with Crippen LogP contribution < -0.4 is 9.47 Å². The number of aryl methyl sites for hydroxylation is 1. The Morgan fingerprint density at radius 2 is 1.84 bits per heavy atom. The first kappa shape index (κ1) is 27.2. The number of amides is 1. The van der Waals surface area contributed by atoms with Crippen molar-refractivity contribution in [3.63, 3.8) is 0 Å². The molecule has 0 spiro atoms. The van der Waals surface area contributed by atoms with Gasteiger partial charge in [-0.3, -0.25) is 4.79 Å². The van der Waals surface area contributed by atoms with Crippen LogP contribution in [0.15, 0.2) is 48.5 Å². The highest BCUT2D eigenvalue weighted by atomic mass is 19.1. The fourth-order valence-electron chi connectivity index (χ4n) is 7.56. The molecule has 2 aromatic carbocycles. The van der Waals surface area contributed by atoms with E-state index in [0.29, 0.717) is 52.1 Å². The summed E-state index contributed by atoms with van der Waals surface area (Å²) in [5.41, 5.74) is 4.91. The summed E-state index contributed by atoms with van der Waals surface area (Å²) >= 11 is 0. The molecule has 0 N–H and O–H groups in total. The number of halogens is 1. The van der Waals surface area contributed by atoms with E-state index >= 15 is 4.39 Å². The van der Waals surface area contributed by atoms with E-state index < -0.39 is 0 Å². The van der Waals surface area contributed by atoms with Crippen molar-refractivity contribution in [1.82, 2.24) is 24.0 Å². The molecule has 8 nitrogen and oxygen atoms in total. The van der Waals surface area contributed by atoms with E-state index in [-0.39, 0.29) is 11.7 Å². The van der Waals surface area contributed by atoms with Gasteiger partial charge >= 0.3 is 0 Å². The molecule has 8 rings (SSSR count). The lowest BCUT2D eigenvalue weighted by Crippen LogP contribution is -2.38. The normalized spacial score (nSPS) is 21.1. The molecular weight excluding hydrogens is 557 g/mol. The third kappa shape index (κ3) is 4.19. The minimum atomic E-state index is -0.374. The molecule has 3 aromatic heterocycles. The Morgan fingerprint density at radius 1 is 1.00 bits per heavy atom. The third-order valence-electron chi connectivity index (χ3n) is 10.2. The second kappa shape index (κ2) is 10.1. The number of carbonyl (C=O) groups excluding carboxylic acids is 1. The zero-order valence-corrected chi connectivity index (χ0v) is 25.5. The molecule has 1 saturated heterocycles. The maximum atomic E-state index is 15.0. The smallest absolute Gasteiger partial charge is 0.254 e. The fraction of sp³-hybridized carbons (Fsp3) is 0.400. The largest absolute Gasteiger partial charge is 0.497 e. The number of aromatic nitrogens is 4. The van der Waals surface area contributed by atoms with Crippen molar-refractivity contribution >= 4 is 28.0 Å². The highest BCUT2D eigenvalue weighted by Crippen LogP contribution is 2.44. The molecule has 2 bridgehead atoms. The summed E-state index contributed by atoms with van der Waals surface area (Å²) in [5.74, 6) is 3.27. The second-order valence-electron chi connectivity index (χ2n) is 12.8. The number of rotatable bonds is 7. The molecule has 5 aromatic rings. The van der Waals surface area contributed by atoms with E-state index in [2.05, 4.69) is 22.5 Å². The van der Waals surface area contributed by atoms with E-state index in [1.807, 2.05) is 35.9 Å². The van der Waals surface area contributed by atoms with Gasteiger partial charge < -0.3 is 23.5 Å². The fourth-order valence-corrected chi connectivity index (χ4v) is 7.56. The lowest BCUT2D eigenvalue weighted by molar-refractivity contribution is 0.0696. The number of hydrogen-bond donors (Lipinski definition) is 0. The van der Waals surface area contributed by atoms with Crippen molar-refractivity contribution in [3.8, 4) is 34.3 Å². The van der Waals surface area contributed by atoms with Crippen LogP contribution in [0.25, 0.3) is 44.8 Å². The standard InChI is InChI=1S/C35H36FN5O3/c1-19-22-8-12-29(19)41(18-22)35(42)23-13-28-32(31(15-23)44-4)39(2)34(38-28)30-14-21-7-11-27(25-10-9-24(43-3)16-26(25)36)37-33(21)40(30)17-20-5-6-20/h7,9-11,13-16,19-20,22,29H,5-6,8,12,17-18H2,1-4H3. The summed E-state index contributed by atoms with van der Waals surface area (Å²) < 4.78 is 30.3. The molecule has 3 fully saturated rings. The van der Waals surface area contributed by atoms with Crippen LogP contribution in [0.3, 0.4) is 0 Å². The zero-order chi connectivity index (χ0) is 30.3. The summed E-state index contributed by atoms with van der Waals surface area (Å²) in [7, 11) is 5.15. The zero-order valence-electron chi connectivity index (χ0n) is 25.5. The van der Waals surface area contributed by atoms with Crippen molar-refractivity contribution in [2.45, 2.75) is 45.2 Å². The first-order valence-corrected chi connectivity index (χ1v) is 15.5. The Bertz CT molecular complexity index is 1960. The van der Waals surface area contributed by atoms with Gasteiger partial charge in [-0.2, -0.15) is 0 Å². The van der Waals surface area contributed by atoms with E-state index in [0.717, 1.165) is 53.1 Å². The first-order valence-electron chi connectivity index (χ1n) is 15.5. The first-order chi connectivity index (χ1) is 21.3. The van der Waals surface area contributed by atoms with Crippen molar-refractivity contribution < 1.29 is 18.7 Å². The average molecular weight is 594 g/mol. The summed E-state index contributed by atoms with van der Waals surface area (Å²) in [6.07, 6.45) is 4.63. The van der Waals surface area contributed by atoms with Crippen LogP contribution in [0.4, 0.5) is 4.39 Å². The van der Waals surface area contributed by atoms with Gasteiger partial charge in [0.05, 0.1) is 31.1 Å². The Morgan fingerprint density at radius 3 is 2.52 bits per heavy atom. The number of carbonyl (C=O) groups is 1. The van der Waals surface area contributed by atoms with Crippen molar-refractivity contribution in [2.24, 2.45) is 24.8 Å². The third-order valence-corrected chi connectivity index (χ3v) is 10.2. The SMILES string of the molecule is COc1ccc(-c2ccc3cc(-c4nc5cc(C(=O)N6CC7CCC6C7C)cc(OC)c5n4C)n(CC4CC4)c3n2)c(F)c1. The summed E-state index contributed by atoms with van der Waals surface area (Å²) in [4.78, 5) is 25.9. The molecule has 3 unspecified atom stereocenters. The lowest BCUT2D eigenvalue weighted by atomic mass is 10.0. The second-order valence-corrected chi connectivity index (χ2v) is 12.8. The number of benzene rings is 2. The van der Waals surface area contributed by atoms with E-state index in [4.69, 9.17) is 19.4 Å². The summed E-state index contributed by atoms with van der Waals surface area (Å²) in [6, 6.07) is 14.9. The van der Waals surface area contributed by atoms with Crippen LogP contribution in [-0.4, -0.2) is 56.7 Å². The number of piperidine rings is 1. The molecule has 9 heteroatoms. The van der Waals surface area contributed by atoms with Crippen LogP contribution in [0, 0.1) is 23.6 Å². The van der Waals surface area contributed by atoms with Crippen LogP contribution >= 0.6 is 0 Å². The van der Waals surface area contributed by atoms with Gasteiger partial charge in [-0.05, 0) is 85.9 Å². The molecular formula is C35H36FN5O3. The van der Waals surface area contributed by atoms with Gasteiger partial charge in [-0.25, -0.2) is 14.4 Å². The van der Waals surface area contributed by atoms with Gasteiger partial charge in [0.15, 0.2) is 5.82 Å². The maximum absolute atomic E-state index is 15.0. The highest BCUT2D eigenvalue weighted by molar-refractivity contribution is 6.00. The Hall–Kier alpha value is -4.40. The van der Waals surface area contributed by atoms with Crippen molar-refractivity contribution in [1.29, 1.82) is 0 Å². The molecule has 1 amide bonds. The van der Waals surface area contributed by atoms with E-state index in [1.54, 1.807) is 19.2 Å². The van der Waals surface area contributed by atoms with E-state index in [9.17, 15) is 4.79 Å². The van der Waals surface area contributed by atoms with Gasteiger partial charge in [0.25, 0.3) is 5.91 Å². The predicted molar refractivity (Wildman–Crippen MR) is 167 cm³/mol. The maximum Gasteiger partial charge on any atom is 0.254 e. The van der Waals surface area contributed by atoms with Gasteiger partial charge in [-0.15, -0.1) is 0 Å². The topological polar surface area (TPSA) is 74.4 Å². The summed E-state index contributed by atoms with van der Waals surface area (Å²) in [6.45, 7) is 3.91. The molecule has 4 heterocycles. The number of fused-ring (bicyclic) bond motifs is 4. The van der Waals surface area contributed by atoms with Crippen LogP contribution in [0.5, 0.6) is 11.5 Å². The Balaban J connectivity index is 1.24. The lowest BCUT2D eigenvalue weighted by Gasteiger charge is -2.27. The number of hydrogen-bond acceptors (Lipinski definition) is 5. The molecule has 3 aliphatic rings. The molecule has 226 valence electrons. The number of ether oxygens (including phenoxy) is 2. The van der Waals surface area contributed by atoms with E-state index in [1.165, 1.54) is 32.4 Å². The van der Waals surface area contributed by atoms with Gasteiger partial charge in [0.1, 0.15) is 28.5 Å². The van der Waals surface area contributed by atoms with Gasteiger partial charge in [0.2, 0.25) is 0 Å². The molecule has 44 heavy (non-hydrogen) atoms. The van der Waals surface area contributed by atoms with Gasteiger partial charge in [0, 0.05) is 48.8 Å². The monoisotopic (exact) mass is 593 g/mol. The molecule has 1 aliphatic heterocycles. The highest BCUT2D eigenvalue weighted by Gasteiger charge is 2.46. The quantitative estimate of drug-likeness (QED) is 0.210. The molecule has 3 atom stereocenters. The Labute approximate surface area is 255 Å². The average Bonchev–Trinajstić information content (AvgIpc) is 3.44. The predicted octanol–water partition coefficient (Wildman–Crippen LogP) is 6.69. The number of methoxy groups -OCH3 is 2. The van der Waals surface area contributed by atoms with Crippen LogP contribution in [-0.2, 0) is 13.6 Å². The number of nitrogens with zero attached hydrogens (tertiary/aromatic N) is 5. The molecule has 2 saturated carbocycles. The number of likely N-dealkylation sites (tertiary alicyclic amines) is 1. The van der Waals surface area contributed by atoms with Crippen LogP contribution in [0.2, 0.25) is 0 Å². The van der Waals surface area contributed by atoms with Crippen molar-refractivity contribution in [2.75, 3.05) is 20.8 Å². The van der Waals surface area contributed by atoms with Gasteiger partial charge in [-0.1, -0.05) is 6.92 Å². The minimum absolute atomic E-state index is 0.0572. The molecule has 0 radical (unpaired) electrons. The Kier molecular flexibility index (Phi) is 6.22. The number of imidazole rings is 1. The molecule has 2 aliphatic carbocycles.